The molecule has 0 aliphatic heterocycles. The van der Waals surface area contributed by atoms with E-state index in [9.17, 15) is 0 Å². The lowest BCUT2D eigenvalue weighted by Crippen LogP contribution is -2.36. The summed E-state index contributed by atoms with van der Waals surface area (Å²) in [6.07, 6.45) is 3.20. The molecule has 0 unspecified atom stereocenters. The van der Waals surface area contributed by atoms with Gasteiger partial charge < -0.3 is 15.1 Å². The van der Waals surface area contributed by atoms with Crippen LogP contribution in [0.2, 0.25) is 0 Å². The quantitative estimate of drug-likeness (QED) is 0.614. The van der Waals surface area contributed by atoms with Crippen molar-refractivity contribution >= 4 is 5.96 Å². The van der Waals surface area contributed by atoms with Crippen molar-refractivity contribution in [1.29, 1.82) is 0 Å². The Morgan fingerprint density at radius 2 is 2.26 bits per heavy atom. The molecular formula is C12H18N6O. The van der Waals surface area contributed by atoms with E-state index < -0.39 is 0 Å². The molecule has 2 aromatic rings. The maximum Gasteiger partial charge on any atom is 0.191 e. The van der Waals surface area contributed by atoms with E-state index in [4.69, 9.17) is 4.42 Å². The predicted molar refractivity (Wildman–Crippen MR) is 71.4 cm³/mol. The van der Waals surface area contributed by atoms with Gasteiger partial charge in [0.1, 0.15) is 17.9 Å². The highest BCUT2D eigenvalue weighted by Crippen LogP contribution is 1.98. The number of hydrogen-bond acceptors (Lipinski definition) is 4. The van der Waals surface area contributed by atoms with Gasteiger partial charge in [0.25, 0.3) is 0 Å². The first kappa shape index (κ1) is 13.1. The number of furan rings is 1. The van der Waals surface area contributed by atoms with Crippen LogP contribution >= 0.6 is 0 Å². The number of hydrogen-bond donors (Lipinski definition) is 2. The van der Waals surface area contributed by atoms with Crippen molar-refractivity contribution in [3.8, 4) is 0 Å². The average molecular weight is 262 g/mol. The van der Waals surface area contributed by atoms with Gasteiger partial charge in [0.05, 0.1) is 19.4 Å². The monoisotopic (exact) mass is 262 g/mol. The molecule has 19 heavy (non-hydrogen) atoms. The molecular weight excluding hydrogens is 244 g/mol. The van der Waals surface area contributed by atoms with Gasteiger partial charge in [-0.05, 0) is 19.1 Å². The zero-order valence-electron chi connectivity index (χ0n) is 11.1. The standard InChI is InChI=1S/C12H18N6O/c1-3-18-11(16-9-17-18)8-15-12(13-2)14-7-10-5-4-6-19-10/h4-6,9H,3,7-8H2,1-2H3,(H2,13,14,15). The van der Waals surface area contributed by atoms with E-state index in [1.165, 1.54) is 0 Å². The summed E-state index contributed by atoms with van der Waals surface area (Å²) in [6.45, 7) is 4.00. The van der Waals surface area contributed by atoms with Gasteiger partial charge in [0.2, 0.25) is 0 Å². The van der Waals surface area contributed by atoms with Crippen LogP contribution in [0.1, 0.15) is 18.5 Å². The second-order valence-electron chi connectivity index (χ2n) is 3.85. The Morgan fingerprint density at radius 3 is 2.95 bits per heavy atom. The normalized spacial score (nSPS) is 11.6. The molecule has 0 spiro atoms. The molecule has 2 rings (SSSR count). The number of nitrogens with zero attached hydrogens (tertiary/aromatic N) is 4. The predicted octanol–water partition coefficient (Wildman–Crippen LogP) is 0.756. The SMILES string of the molecule is CCn1ncnc1CNC(=NC)NCc1ccco1. The number of nitrogens with one attached hydrogen (secondary N) is 2. The van der Waals surface area contributed by atoms with E-state index in [1.807, 2.05) is 23.7 Å². The maximum atomic E-state index is 5.24. The van der Waals surface area contributed by atoms with Gasteiger partial charge in [-0.25, -0.2) is 9.67 Å². The lowest BCUT2D eigenvalue weighted by atomic mass is 10.4. The van der Waals surface area contributed by atoms with Crippen LogP contribution in [0.3, 0.4) is 0 Å². The van der Waals surface area contributed by atoms with Crippen LogP contribution in [-0.2, 0) is 19.6 Å². The summed E-state index contributed by atoms with van der Waals surface area (Å²) in [7, 11) is 1.72. The molecule has 7 heteroatoms. The average Bonchev–Trinajstić information content (AvgIpc) is 3.09. The van der Waals surface area contributed by atoms with E-state index in [0.29, 0.717) is 19.0 Å². The molecule has 0 saturated carbocycles. The van der Waals surface area contributed by atoms with Crippen molar-refractivity contribution in [2.24, 2.45) is 4.99 Å². The van der Waals surface area contributed by atoms with Gasteiger partial charge >= 0.3 is 0 Å². The van der Waals surface area contributed by atoms with Crippen molar-refractivity contribution in [3.05, 3.63) is 36.3 Å². The van der Waals surface area contributed by atoms with Gasteiger partial charge in [-0.2, -0.15) is 5.10 Å². The largest absolute Gasteiger partial charge is 0.467 e. The Labute approximate surface area is 111 Å². The summed E-state index contributed by atoms with van der Waals surface area (Å²) >= 11 is 0. The Balaban J connectivity index is 1.83. The number of rotatable bonds is 5. The van der Waals surface area contributed by atoms with Crippen LogP contribution in [0.4, 0.5) is 0 Å². The third-order valence-electron chi connectivity index (χ3n) is 2.64. The highest BCUT2D eigenvalue weighted by molar-refractivity contribution is 5.79. The van der Waals surface area contributed by atoms with Crippen molar-refractivity contribution in [1.82, 2.24) is 25.4 Å². The van der Waals surface area contributed by atoms with Crippen molar-refractivity contribution in [3.63, 3.8) is 0 Å². The van der Waals surface area contributed by atoms with Crippen LogP contribution in [0.5, 0.6) is 0 Å². The molecule has 0 saturated heterocycles. The fourth-order valence-corrected chi connectivity index (χ4v) is 1.66. The minimum atomic E-state index is 0.575. The van der Waals surface area contributed by atoms with Gasteiger partial charge in [0.15, 0.2) is 5.96 Å². The Kier molecular flexibility index (Phi) is 4.54. The number of guanidine groups is 1. The van der Waals surface area contributed by atoms with Crippen LogP contribution in [0, 0.1) is 0 Å². The second-order valence-corrected chi connectivity index (χ2v) is 3.85. The van der Waals surface area contributed by atoms with Crippen molar-refractivity contribution in [2.45, 2.75) is 26.6 Å². The topological polar surface area (TPSA) is 80.3 Å². The fraction of sp³-hybridized carbons (Fsp3) is 0.417. The van der Waals surface area contributed by atoms with E-state index >= 15 is 0 Å². The maximum absolute atomic E-state index is 5.24. The summed E-state index contributed by atoms with van der Waals surface area (Å²) in [4.78, 5) is 8.33. The number of aliphatic imine (C=N–C) groups is 1. The number of aromatic nitrogens is 3. The van der Waals surface area contributed by atoms with Crippen LogP contribution in [0.25, 0.3) is 0 Å². The molecule has 2 aromatic heterocycles. The third kappa shape index (κ3) is 3.57. The summed E-state index contributed by atoms with van der Waals surface area (Å²) < 4.78 is 7.08. The Hall–Kier alpha value is -2.31. The van der Waals surface area contributed by atoms with Gasteiger partial charge in [0, 0.05) is 13.6 Å². The van der Waals surface area contributed by atoms with Crippen LogP contribution < -0.4 is 10.6 Å². The summed E-state index contributed by atoms with van der Waals surface area (Å²) in [5, 5.41) is 10.5. The molecule has 0 aliphatic rings. The zero-order valence-corrected chi connectivity index (χ0v) is 11.1. The molecule has 0 aliphatic carbocycles. The first-order chi connectivity index (χ1) is 9.33. The van der Waals surface area contributed by atoms with Crippen LogP contribution in [0.15, 0.2) is 34.1 Å². The number of aryl methyl sites for hydroxylation is 1. The van der Waals surface area contributed by atoms with Gasteiger partial charge in [-0.3, -0.25) is 4.99 Å². The summed E-state index contributed by atoms with van der Waals surface area (Å²) in [5.41, 5.74) is 0. The van der Waals surface area contributed by atoms with Gasteiger partial charge in [-0.1, -0.05) is 0 Å². The smallest absolute Gasteiger partial charge is 0.191 e. The van der Waals surface area contributed by atoms with E-state index in [1.54, 1.807) is 19.6 Å². The molecule has 7 nitrogen and oxygen atoms in total. The molecule has 0 atom stereocenters. The zero-order chi connectivity index (χ0) is 13.5. The lowest BCUT2D eigenvalue weighted by Gasteiger charge is -2.10. The molecule has 2 heterocycles. The minimum absolute atomic E-state index is 0.575. The molecule has 0 radical (unpaired) electrons. The highest BCUT2D eigenvalue weighted by atomic mass is 16.3. The molecule has 2 N–H and O–H groups in total. The van der Waals surface area contributed by atoms with Gasteiger partial charge in [-0.15, -0.1) is 0 Å². The molecule has 102 valence electrons. The first-order valence-corrected chi connectivity index (χ1v) is 6.17. The molecule has 0 aromatic carbocycles. The summed E-state index contributed by atoms with van der Waals surface area (Å²) in [6, 6.07) is 3.77. The first-order valence-electron chi connectivity index (χ1n) is 6.17. The van der Waals surface area contributed by atoms with Crippen molar-refractivity contribution < 1.29 is 4.42 Å². The van der Waals surface area contributed by atoms with Crippen LogP contribution in [-0.4, -0.2) is 27.8 Å². The van der Waals surface area contributed by atoms with E-state index in [-0.39, 0.29) is 0 Å². The second kappa shape index (κ2) is 6.58. The summed E-state index contributed by atoms with van der Waals surface area (Å²) in [5.74, 6) is 2.44. The molecule has 0 bridgehead atoms. The van der Waals surface area contributed by atoms with Crippen molar-refractivity contribution in [2.75, 3.05) is 7.05 Å². The minimum Gasteiger partial charge on any atom is -0.467 e. The lowest BCUT2D eigenvalue weighted by molar-refractivity contribution is 0.501. The highest BCUT2D eigenvalue weighted by Gasteiger charge is 2.04. The molecule has 0 fully saturated rings. The molecule has 0 amide bonds. The van der Waals surface area contributed by atoms with E-state index in [0.717, 1.165) is 18.1 Å². The fourth-order valence-electron chi connectivity index (χ4n) is 1.66. The Morgan fingerprint density at radius 1 is 1.42 bits per heavy atom. The third-order valence-corrected chi connectivity index (χ3v) is 2.64. The Bertz CT molecular complexity index is 516. The van der Waals surface area contributed by atoms with E-state index in [2.05, 4.69) is 25.7 Å².